The first kappa shape index (κ1) is 18.6. The van der Waals surface area contributed by atoms with Gasteiger partial charge in [0, 0.05) is 5.02 Å². The van der Waals surface area contributed by atoms with Crippen molar-refractivity contribution in [3.8, 4) is 5.69 Å². The lowest BCUT2D eigenvalue weighted by Gasteiger charge is -2.11. The third-order valence-corrected chi connectivity index (χ3v) is 3.84. The minimum absolute atomic E-state index is 0.120. The van der Waals surface area contributed by atoms with Gasteiger partial charge < -0.3 is 15.2 Å². The normalized spacial score (nSPS) is 10.4. The number of ether oxygens (including phenoxy) is 1. The van der Waals surface area contributed by atoms with Gasteiger partial charge in [-0.25, -0.2) is 14.5 Å². The highest BCUT2D eigenvalue weighted by Crippen LogP contribution is 2.23. The van der Waals surface area contributed by atoms with Crippen LogP contribution in [0.5, 0.6) is 0 Å². The smallest absolute Gasteiger partial charge is 0.338 e. The molecule has 9 heteroatoms. The minimum Gasteiger partial charge on any atom is -0.452 e. The van der Waals surface area contributed by atoms with Crippen LogP contribution in [0.4, 0.5) is 5.69 Å². The van der Waals surface area contributed by atoms with E-state index >= 15 is 0 Å². The SMILES string of the molecule is O=C(COC(=O)c1ccc(CO)cc1)Nc1cc(Cl)ccc1-n1cncn1. The van der Waals surface area contributed by atoms with Crippen molar-refractivity contribution in [3.05, 3.63) is 71.3 Å². The number of nitrogens with one attached hydrogen (secondary N) is 1. The van der Waals surface area contributed by atoms with Crippen molar-refractivity contribution < 1.29 is 19.4 Å². The van der Waals surface area contributed by atoms with E-state index < -0.39 is 18.5 Å². The summed E-state index contributed by atoms with van der Waals surface area (Å²) in [5, 5.41) is 16.1. The molecule has 138 valence electrons. The minimum atomic E-state index is -0.641. The number of hydrogen-bond donors (Lipinski definition) is 2. The first-order valence-corrected chi connectivity index (χ1v) is 8.26. The van der Waals surface area contributed by atoms with Crippen molar-refractivity contribution in [1.82, 2.24) is 14.8 Å². The molecular formula is C18H15ClN4O4. The molecule has 1 heterocycles. The maximum Gasteiger partial charge on any atom is 0.338 e. The predicted molar refractivity (Wildman–Crippen MR) is 97.6 cm³/mol. The summed E-state index contributed by atoms with van der Waals surface area (Å²) in [6.45, 7) is -0.588. The Morgan fingerprint density at radius 2 is 1.96 bits per heavy atom. The van der Waals surface area contributed by atoms with Crippen LogP contribution in [0.1, 0.15) is 15.9 Å². The van der Waals surface area contributed by atoms with Crippen LogP contribution in [0.3, 0.4) is 0 Å². The molecule has 0 bridgehead atoms. The molecular weight excluding hydrogens is 372 g/mol. The molecule has 1 aromatic heterocycles. The lowest BCUT2D eigenvalue weighted by Crippen LogP contribution is -2.21. The van der Waals surface area contributed by atoms with Crippen molar-refractivity contribution in [1.29, 1.82) is 0 Å². The number of rotatable bonds is 6. The lowest BCUT2D eigenvalue weighted by atomic mass is 10.1. The van der Waals surface area contributed by atoms with Gasteiger partial charge in [0.1, 0.15) is 12.7 Å². The van der Waals surface area contributed by atoms with E-state index in [-0.39, 0.29) is 12.2 Å². The van der Waals surface area contributed by atoms with Crippen molar-refractivity contribution >= 4 is 29.2 Å². The van der Waals surface area contributed by atoms with Crippen molar-refractivity contribution in [2.45, 2.75) is 6.61 Å². The molecule has 3 aromatic rings. The zero-order valence-corrected chi connectivity index (χ0v) is 14.8. The lowest BCUT2D eigenvalue weighted by molar-refractivity contribution is -0.119. The molecule has 0 aliphatic rings. The van der Waals surface area contributed by atoms with Gasteiger partial charge in [-0.05, 0) is 35.9 Å². The number of aliphatic hydroxyl groups is 1. The Bertz CT molecular complexity index is 943. The molecule has 27 heavy (non-hydrogen) atoms. The van der Waals surface area contributed by atoms with Gasteiger partial charge in [0.05, 0.1) is 23.5 Å². The molecule has 0 saturated carbocycles. The van der Waals surface area contributed by atoms with Gasteiger partial charge >= 0.3 is 5.97 Å². The third-order valence-electron chi connectivity index (χ3n) is 3.60. The summed E-state index contributed by atoms with van der Waals surface area (Å²) < 4.78 is 6.49. The quantitative estimate of drug-likeness (QED) is 0.629. The second-order valence-electron chi connectivity index (χ2n) is 5.48. The molecule has 0 saturated heterocycles. The highest BCUT2D eigenvalue weighted by atomic mass is 35.5. The summed E-state index contributed by atoms with van der Waals surface area (Å²) in [6, 6.07) is 11.1. The fraction of sp³-hybridized carbons (Fsp3) is 0.111. The van der Waals surface area contributed by atoms with E-state index in [4.69, 9.17) is 21.4 Å². The Hall–Kier alpha value is -3.23. The second kappa shape index (κ2) is 8.43. The number of amides is 1. The Kier molecular flexibility index (Phi) is 5.80. The zero-order chi connectivity index (χ0) is 19.2. The number of nitrogens with zero attached hydrogens (tertiary/aromatic N) is 3. The van der Waals surface area contributed by atoms with Crippen LogP contribution in [-0.4, -0.2) is 38.4 Å². The van der Waals surface area contributed by atoms with Crippen LogP contribution in [0.2, 0.25) is 5.02 Å². The monoisotopic (exact) mass is 386 g/mol. The van der Waals surface area contributed by atoms with Crippen LogP contribution in [0.15, 0.2) is 55.1 Å². The summed E-state index contributed by atoms with van der Waals surface area (Å²) in [5.74, 6) is -1.17. The summed E-state index contributed by atoms with van der Waals surface area (Å²) in [5.41, 5.74) is 1.93. The largest absolute Gasteiger partial charge is 0.452 e. The Morgan fingerprint density at radius 1 is 1.19 bits per heavy atom. The topological polar surface area (TPSA) is 106 Å². The van der Waals surface area contributed by atoms with E-state index in [0.29, 0.717) is 22.0 Å². The molecule has 1 amide bonds. The first-order valence-electron chi connectivity index (χ1n) is 7.88. The predicted octanol–water partition coefficient (Wildman–Crippen LogP) is 2.21. The Morgan fingerprint density at radius 3 is 2.63 bits per heavy atom. The molecule has 0 atom stereocenters. The molecule has 2 aromatic carbocycles. The standard InChI is InChI=1S/C18H15ClN4O4/c19-14-5-6-16(23-11-20-10-21-23)15(7-14)22-17(25)9-27-18(26)13-3-1-12(8-24)2-4-13/h1-7,10-11,24H,8-9H2,(H,22,25). The van der Waals surface area contributed by atoms with Crippen LogP contribution < -0.4 is 5.32 Å². The summed E-state index contributed by atoms with van der Waals surface area (Å²) in [7, 11) is 0. The average Bonchev–Trinajstić information content (AvgIpc) is 3.21. The van der Waals surface area contributed by atoms with E-state index in [0.717, 1.165) is 0 Å². The van der Waals surface area contributed by atoms with E-state index in [9.17, 15) is 9.59 Å². The molecule has 0 fully saturated rings. The maximum atomic E-state index is 12.2. The second-order valence-corrected chi connectivity index (χ2v) is 5.92. The summed E-state index contributed by atoms with van der Waals surface area (Å²) >= 11 is 5.99. The molecule has 0 aliphatic carbocycles. The van der Waals surface area contributed by atoms with E-state index in [1.807, 2.05) is 0 Å². The highest BCUT2D eigenvalue weighted by molar-refractivity contribution is 6.31. The number of carbonyl (C=O) groups excluding carboxylic acids is 2. The highest BCUT2D eigenvalue weighted by Gasteiger charge is 2.13. The van der Waals surface area contributed by atoms with Gasteiger partial charge in [0.15, 0.2) is 6.61 Å². The van der Waals surface area contributed by atoms with Crippen LogP contribution >= 0.6 is 11.6 Å². The van der Waals surface area contributed by atoms with Crippen LogP contribution in [-0.2, 0) is 16.1 Å². The summed E-state index contributed by atoms with van der Waals surface area (Å²) in [6.07, 6.45) is 2.85. The van der Waals surface area contributed by atoms with Gasteiger partial charge in [-0.3, -0.25) is 4.79 Å². The molecule has 0 spiro atoms. The number of carbonyl (C=O) groups is 2. The van der Waals surface area contributed by atoms with Gasteiger partial charge in [-0.15, -0.1) is 0 Å². The number of benzene rings is 2. The van der Waals surface area contributed by atoms with Crippen LogP contribution in [0, 0.1) is 0 Å². The Labute approximate surface area is 159 Å². The fourth-order valence-corrected chi connectivity index (χ4v) is 2.46. The Balaban J connectivity index is 1.64. The fourth-order valence-electron chi connectivity index (χ4n) is 2.29. The van der Waals surface area contributed by atoms with E-state index in [1.54, 1.807) is 30.3 Å². The zero-order valence-electron chi connectivity index (χ0n) is 14.0. The number of aromatic nitrogens is 3. The number of aliphatic hydroxyl groups excluding tert-OH is 1. The van der Waals surface area contributed by atoms with Gasteiger partial charge in [0.2, 0.25) is 0 Å². The third kappa shape index (κ3) is 4.69. The number of hydrogen-bond acceptors (Lipinski definition) is 6. The maximum absolute atomic E-state index is 12.2. The molecule has 3 rings (SSSR count). The van der Waals surface area contributed by atoms with Gasteiger partial charge in [0.25, 0.3) is 5.91 Å². The molecule has 8 nitrogen and oxygen atoms in total. The molecule has 2 N–H and O–H groups in total. The van der Waals surface area contributed by atoms with Crippen molar-refractivity contribution in [2.24, 2.45) is 0 Å². The number of esters is 1. The van der Waals surface area contributed by atoms with E-state index in [2.05, 4.69) is 15.4 Å². The molecule has 0 unspecified atom stereocenters. The van der Waals surface area contributed by atoms with Crippen molar-refractivity contribution in [3.63, 3.8) is 0 Å². The van der Waals surface area contributed by atoms with Crippen molar-refractivity contribution in [2.75, 3.05) is 11.9 Å². The first-order chi connectivity index (χ1) is 13.1. The van der Waals surface area contributed by atoms with Gasteiger partial charge in [-0.1, -0.05) is 23.7 Å². The summed E-state index contributed by atoms with van der Waals surface area (Å²) in [4.78, 5) is 28.0. The number of anilines is 1. The van der Waals surface area contributed by atoms with E-state index in [1.165, 1.54) is 29.5 Å². The number of halogens is 1. The van der Waals surface area contributed by atoms with Crippen LogP contribution in [0.25, 0.3) is 5.69 Å². The molecule has 0 radical (unpaired) electrons. The molecule has 0 aliphatic heterocycles. The van der Waals surface area contributed by atoms with Gasteiger partial charge in [-0.2, -0.15) is 5.10 Å². The average molecular weight is 387 g/mol.